The number of likely N-dealkylation sites (N-methyl/N-ethyl adjacent to an activating group) is 2. The summed E-state index contributed by atoms with van der Waals surface area (Å²) >= 11 is 0. The van der Waals surface area contributed by atoms with Crippen molar-refractivity contribution in [2.45, 2.75) is 45.6 Å². The van der Waals surface area contributed by atoms with Crippen LogP contribution in [0, 0.1) is 0 Å². The highest BCUT2D eigenvalue weighted by Gasteiger charge is 2.24. The van der Waals surface area contributed by atoms with Gasteiger partial charge < -0.3 is 15.0 Å². The van der Waals surface area contributed by atoms with Crippen LogP contribution in [0.3, 0.4) is 0 Å². The first-order valence-electron chi connectivity index (χ1n) is 9.23. The van der Waals surface area contributed by atoms with Gasteiger partial charge in [0.1, 0.15) is 0 Å². The van der Waals surface area contributed by atoms with Crippen LogP contribution in [0.2, 0.25) is 0 Å². The molecule has 1 N–H and O–H groups in total. The third-order valence-corrected chi connectivity index (χ3v) is 4.84. The van der Waals surface area contributed by atoms with Crippen molar-refractivity contribution in [3.8, 4) is 0 Å². The molecule has 1 atom stereocenters. The van der Waals surface area contributed by atoms with Crippen LogP contribution in [0.1, 0.15) is 39.5 Å². The molecule has 0 radical (unpaired) electrons. The highest BCUT2D eigenvalue weighted by Crippen LogP contribution is 2.17. The van der Waals surface area contributed by atoms with Gasteiger partial charge in [0.15, 0.2) is 5.96 Å². The van der Waals surface area contributed by atoms with Crippen molar-refractivity contribution in [2.75, 3.05) is 53.0 Å². The van der Waals surface area contributed by atoms with Gasteiger partial charge >= 0.3 is 0 Å². The van der Waals surface area contributed by atoms with Gasteiger partial charge in [-0.2, -0.15) is 0 Å². The van der Waals surface area contributed by atoms with Gasteiger partial charge in [-0.1, -0.05) is 18.6 Å². The first kappa shape index (κ1) is 21.7. The van der Waals surface area contributed by atoms with E-state index in [1.165, 1.54) is 25.0 Å². The zero-order chi connectivity index (χ0) is 16.5. The van der Waals surface area contributed by atoms with Crippen molar-refractivity contribution in [3.63, 3.8) is 0 Å². The number of halogens is 1. The molecule has 2 aliphatic rings. The predicted molar refractivity (Wildman–Crippen MR) is 112 cm³/mol. The van der Waals surface area contributed by atoms with E-state index in [4.69, 9.17) is 9.73 Å². The quantitative estimate of drug-likeness (QED) is 0.280. The summed E-state index contributed by atoms with van der Waals surface area (Å²) in [6.07, 6.45) is 6.97. The molecule has 1 unspecified atom stereocenters. The molecular weight excluding hydrogens is 415 g/mol. The second kappa shape index (κ2) is 12.1. The van der Waals surface area contributed by atoms with E-state index in [9.17, 15) is 0 Å². The number of likely N-dealkylation sites (tertiary alicyclic amines) is 1. The number of hydrogen-bond acceptors (Lipinski definition) is 3. The summed E-state index contributed by atoms with van der Waals surface area (Å²) in [6, 6.07) is 0.673. The van der Waals surface area contributed by atoms with Crippen LogP contribution >= 0.6 is 24.0 Å². The molecule has 24 heavy (non-hydrogen) atoms. The Morgan fingerprint density at radius 1 is 1.46 bits per heavy atom. The normalized spacial score (nSPS) is 22.0. The zero-order valence-electron chi connectivity index (χ0n) is 15.6. The number of nitrogens with one attached hydrogen (secondary N) is 1. The minimum absolute atomic E-state index is 0. The van der Waals surface area contributed by atoms with E-state index < -0.39 is 0 Å². The van der Waals surface area contributed by atoms with E-state index in [1.54, 1.807) is 0 Å². The van der Waals surface area contributed by atoms with Crippen molar-refractivity contribution in [1.82, 2.24) is 15.1 Å². The first-order valence-corrected chi connectivity index (χ1v) is 9.23. The molecule has 2 heterocycles. The fraction of sp³-hybridized carbons (Fsp3) is 0.833. The number of hydrogen-bond donors (Lipinski definition) is 1. The van der Waals surface area contributed by atoms with E-state index in [0.717, 1.165) is 58.2 Å². The average molecular weight is 450 g/mol. The number of nitrogens with zero attached hydrogens (tertiary/aromatic N) is 3. The van der Waals surface area contributed by atoms with Gasteiger partial charge in [0.2, 0.25) is 0 Å². The monoisotopic (exact) mass is 450 g/mol. The third kappa shape index (κ3) is 6.88. The van der Waals surface area contributed by atoms with E-state index in [1.807, 2.05) is 0 Å². The molecule has 140 valence electrons. The molecule has 2 rings (SSSR count). The van der Waals surface area contributed by atoms with Crippen LogP contribution in [-0.4, -0.2) is 74.8 Å². The number of aliphatic imine (C=N–C) groups is 1. The lowest BCUT2D eigenvalue weighted by Gasteiger charge is -2.29. The Balaban J connectivity index is 0.00000288. The average Bonchev–Trinajstić information content (AvgIpc) is 3.02. The Morgan fingerprint density at radius 3 is 2.96 bits per heavy atom. The number of rotatable bonds is 7. The lowest BCUT2D eigenvalue weighted by atomic mass is 10.1. The lowest BCUT2D eigenvalue weighted by molar-refractivity contribution is 0.153. The van der Waals surface area contributed by atoms with Crippen LogP contribution in [0.4, 0.5) is 0 Å². The van der Waals surface area contributed by atoms with Crippen molar-refractivity contribution >= 4 is 29.9 Å². The van der Waals surface area contributed by atoms with Gasteiger partial charge in [-0.05, 0) is 45.7 Å². The Kier molecular flexibility index (Phi) is 10.9. The molecule has 0 aromatic heterocycles. The standard InChI is InChI=1S/C18H34N4O.HI/c1-4-19-18(20-11-8-16-9-13-23-14-10-16)21(3)15-17-7-6-12-22(17)5-2;/h9,17H,4-8,10-15H2,1-3H3,(H,19,20);1H. The number of guanidine groups is 1. The molecule has 0 aromatic carbocycles. The zero-order valence-corrected chi connectivity index (χ0v) is 17.9. The summed E-state index contributed by atoms with van der Waals surface area (Å²) in [7, 11) is 2.17. The molecule has 0 bridgehead atoms. The summed E-state index contributed by atoms with van der Waals surface area (Å²) in [4.78, 5) is 9.73. The Hall–Kier alpha value is -0.340. The Morgan fingerprint density at radius 2 is 2.29 bits per heavy atom. The summed E-state index contributed by atoms with van der Waals surface area (Å²) in [5, 5.41) is 3.44. The van der Waals surface area contributed by atoms with E-state index in [0.29, 0.717) is 6.04 Å². The smallest absolute Gasteiger partial charge is 0.193 e. The van der Waals surface area contributed by atoms with Crippen molar-refractivity contribution < 1.29 is 4.74 Å². The molecule has 1 saturated heterocycles. The second-order valence-electron chi connectivity index (χ2n) is 6.48. The van der Waals surface area contributed by atoms with Gasteiger partial charge in [-0.15, -0.1) is 24.0 Å². The van der Waals surface area contributed by atoms with Crippen LogP contribution in [-0.2, 0) is 4.74 Å². The van der Waals surface area contributed by atoms with E-state index in [-0.39, 0.29) is 24.0 Å². The van der Waals surface area contributed by atoms with E-state index in [2.05, 4.69) is 42.1 Å². The molecule has 1 fully saturated rings. The summed E-state index contributed by atoms with van der Waals surface area (Å²) in [5.74, 6) is 1.04. The maximum atomic E-state index is 5.36. The third-order valence-electron chi connectivity index (χ3n) is 4.84. The summed E-state index contributed by atoms with van der Waals surface area (Å²) in [5.41, 5.74) is 1.49. The van der Waals surface area contributed by atoms with Gasteiger partial charge in [0.25, 0.3) is 0 Å². The van der Waals surface area contributed by atoms with Crippen molar-refractivity contribution in [2.24, 2.45) is 4.99 Å². The molecule has 0 saturated carbocycles. The number of ether oxygens (including phenoxy) is 1. The molecule has 0 spiro atoms. The van der Waals surface area contributed by atoms with Crippen LogP contribution in [0.5, 0.6) is 0 Å². The molecule has 6 heteroatoms. The first-order chi connectivity index (χ1) is 11.2. The summed E-state index contributed by atoms with van der Waals surface area (Å²) < 4.78 is 5.36. The van der Waals surface area contributed by atoms with Crippen molar-refractivity contribution in [3.05, 3.63) is 11.6 Å². The Bertz CT molecular complexity index is 414. The highest BCUT2D eigenvalue weighted by molar-refractivity contribution is 14.0. The van der Waals surface area contributed by atoms with Gasteiger partial charge in [-0.3, -0.25) is 9.89 Å². The largest absolute Gasteiger partial charge is 0.377 e. The molecule has 0 amide bonds. The minimum atomic E-state index is 0. The van der Waals surface area contributed by atoms with Crippen LogP contribution < -0.4 is 5.32 Å². The maximum absolute atomic E-state index is 5.36. The van der Waals surface area contributed by atoms with Gasteiger partial charge in [-0.25, -0.2) is 0 Å². The fourth-order valence-corrected chi connectivity index (χ4v) is 3.49. The van der Waals surface area contributed by atoms with E-state index >= 15 is 0 Å². The summed E-state index contributed by atoms with van der Waals surface area (Å²) in [6.45, 7) is 11.3. The molecule has 0 aromatic rings. The maximum Gasteiger partial charge on any atom is 0.193 e. The fourth-order valence-electron chi connectivity index (χ4n) is 3.49. The molecule has 5 nitrogen and oxygen atoms in total. The van der Waals surface area contributed by atoms with Gasteiger partial charge in [0, 0.05) is 32.7 Å². The van der Waals surface area contributed by atoms with Crippen molar-refractivity contribution in [1.29, 1.82) is 0 Å². The SMILES string of the molecule is CCNC(=NCCC1=CCOCC1)N(C)CC1CCCN1CC.I. The Labute approximate surface area is 164 Å². The minimum Gasteiger partial charge on any atom is -0.377 e. The van der Waals surface area contributed by atoms with Crippen LogP contribution in [0.25, 0.3) is 0 Å². The highest BCUT2D eigenvalue weighted by atomic mass is 127. The molecular formula is C18H35IN4O. The van der Waals surface area contributed by atoms with Crippen LogP contribution in [0.15, 0.2) is 16.6 Å². The van der Waals surface area contributed by atoms with Gasteiger partial charge in [0.05, 0.1) is 13.2 Å². The molecule has 2 aliphatic heterocycles. The topological polar surface area (TPSA) is 40.1 Å². The second-order valence-corrected chi connectivity index (χ2v) is 6.48. The lowest BCUT2D eigenvalue weighted by Crippen LogP contribution is -2.46. The predicted octanol–water partition coefficient (Wildman–Crippen LogP) is 2.72. The molecule has 0 aliphatic carbocycles.